The minimum Gasteiger partial charge on any atom is -0.480 e. The summed E-state index contributed by atoms with van der Waals surface area (Å²) in [5, 5.41) is 8.69. The summed E-state index contributed by atoms with van der Waals surface area (Å²) in [6, 6.07) is 9.33. The smallest absolute Gasteiger partial charge is 0.323 e. The Labute approximate surface area is 106 Å². The summed E-state index contributed by atoms with van der Waals surface area (Å²) < 4.78 is 0. The number of carboxylic acid groups (broad SMARTS) is 1. The Bertz CT molecular complexity index is 451. The highest BCUT2D eigenvalue weighted by Crippen LogP contribution is 2.02. The van der Waals surface area contributed by atoms with Gasteiger partial charge in [0.05, 0.1) is 0 Å². The van der Waals surface area contributed by atoms with E-state index in [0.717, 1.165) is 5.56 Å². The first-order valence-electron chi connectivity index (χ1n) is 5.48. The Balaban J connectivity index is 2.69. The molecule has 0 atom stereocenters. The molecule has 1 aromatic rings. The van der Waals surface area contributed by atoms with Gasteiger partial charge in [-0.2, -0.15) is 0 Å². The van der Waals surface area contributed by atoms with E-state index < -0.39 is 5.97 Å². The van der Waals surface area contributed by atoms with E-state index in [9.17, 15) is 9.59 Å². The normalized spacial score (nSPS) is 10.2. The maximum atomic E-state index is 11.8. The standard InChI is InChI=1S/C14H15NO3/c1-2-10-15(11-14(17)18)13(16)9-8-12-6-4-3-5-7-12/h2-9H,1,10-11H2,(H,17,18). The van der Waals surface area contributed by atoms with Gasteiger partial charge in [0.15, 0.2) is 0 Å². The molecule has 18 heavy (non-hydrogen) atoms. The molecule has 0 aliphatic heterocycles. The molecule has 0 unspecified atom stereocenters. The monoisotopic (exact) mass is 245 g/mol. The average molecular weight is 245 g/mol. The zero-order chi connectivity index (χ0) is 13.4. The van der Waals surface area contributed by atoms with Gasteiger partial charge in [-0.25, -0.2) is 0 Å². The molecule has 0 saturated heterocycles. The van der Waals surface area contributed by atoms with Gasteiger partial charge in [0.25, 0.3) is 0 Å². The Kier molecular flexibility index (Phi) is 5.38. The van der Waals surface area contributed by atoms with E-state index >= 15 is 0 Å². The first-order valence-corrected chi connectivity index (χ1v) is 5.48. The molecule has 0 heterocycles. The number of hydrogen-bond donors (Lipinski definition) is 1. The van der Waals surface area contributed by atoms with Crippen molar-refractivity contribution in [3.63, 3.8) is 0 Å². The molecule has 1 N–H and O–H groups in total. The van der Waals surface area contributed by atoms with Crippen LogP contribution in [0.1, 0.15) is 5.56 Å². The highest BCUT2D eigenvalue weighted by atomic mass is 16.4. The molecule has 1 aromatic carbocycles. The lowest BCUT2D eigenvalue weighted by molar-refractivity contribution is -0.142. The average Bonchev–Trinajstić information content (AvgIpc) is 2.36. The Morgan fingerprint density at radius 1 is 1.28 bits per heavy atom. The fourth-order valence-electron chi connectivity index (χ4n) is 1.39. The van der Waals surface area contributed by atoms with Crippen LogP contribution in [-0.2, 0) is 9.59 Å². The van der Waals surface area contributed by atoms with Crippen molar-refractivity contribution in [2.45, 2.75) is 0 Å². The van der Waals surface area contributed by atoms with Crippen LogP contribution in [0.5, 0.6) is 0 Å². The second-order valence-corrected chi connectivity index (χ2v) is 3.65. The van der Waals surface area contributed by atoms with E-state index in [4.69, 9.17) is 5.11 Å². The predicted molar refractivity (Wildman–Crippen MR) is 69.9 cm³/mol. The fourth-order valence-corrected chi connectivity index (χ4v) is 1.39. The van der Waals surface area contributed by atoms with Crippen molar-refractivity contribution in [2.75, 3.05) is 13.1 Å². The number of carboxylic acids is 1. The van der Waals surface area contributed by atoms with Crippen LogP contribution in [-0.4, -0.2) is 35.0 Å². The van der Waals surface area contributed by atoms with Crippen LogP contribution >= 0.6 is 0 Å². The van der Waals surface area contributed by atoms with Crippen molar-refractivity contribution in [2.24, 2.45) is 0 Å². The summed E-state index contributed by atoms with van der Waals surface area (Å²) in [4.78, 5) is 23.6. The third-order valence-electron chi connectivity index (χ3n) is 2.21. The van der Waals surface area contributed by atoms with Crippen LogP contribution in [0.15, 0.2) is 49.1 Å². The van der Waals surface area contributed by atoms with Crippen LogP contribution in [0.4, 0.5) is 0 Å². The number of hydrogen-bond acceptors (Lipinski definition) is 2. The van der Waals surface area contributed by atoms with Gasteiger partial charge in [0.2, 0.25) is 5.91 Å². The Morgan fingerprint density at radius 2 is 1.94 bits per heavy atom. The van der Waals surface area contributed by atoms with Gasteiger partial charge >= 0.3 is 5.97 Å². The zero-order valence-electron chi connectivity index (χ0n) is 9.95. The number of carbonyl (C=O) groups is 2. The highest BCUT2D eigenvalue weighted by molar-refractivity contribution is 5.93. The van der Waals surface area contributed by atoms with Crippen LogP contribution in [0, 0.1) is 0 Å². The van der Waals surface area contributed by atoms with Crippen molar-refractivity contribution in [1.82, 2.24) is 4.90 Å². The maximum Gasteiger partial charge on any atom is 0.323 e. The first-order chi connectivity index (χ1) is 8.63. The van der Waals surface area contributed by atoms with Crippen LogP contribution in [0.25, 0.3) is 6.08 Å². The number of aliphatic carboxylic acids is 1. The van der Waals surface area contributed by atoms with Crippen molar-refractivity contribution in [3.05, 3.63) is 54.6 Å². The molecule has 1 rings (SSSR count). The van der Waals surface area contributed by atoms with Crippen molar-refractivity contribution in [3.8, 4) is 0 Å². The lowest BCUT2D eigenvalue weighted by Gasteiger charge is -2.16. The SMILES string of the molecule is C=CCN(CC(=O)O)C(=O)C=Cc1ccccc1. The summed E-state index contributed by atoms with van der Waals surface area (Å²) in [5.41, 5.74) is 0.889. The zero-order valence-corrected chi connectivity index (χ0v) is 9.95. The highest BCUT2D eigenvalue weighted by Gasteiger charge is 2.12. The molecule has 1 amide bonds. The van der Waals surface area contributed by atoms with E-state index in [1.807, 2.05) is 30.3 Å². The van der Waals surface area contributed by atoms with Crippen LogP contribution < -0.4 is 0 Å². The number of benzene rings is 1. The molecule has 0 radical (unpaired) electrons. The minimum absolute atomic E-state index is 0.213. The molecule has 4 nitrogen and oxygen atoms in total. The molecule has 0 aliphatic rings. The third-order valence-corrected chi connectivity index (χ3v) is 2.21. The lowest BCUT2D eigenvalue weighted by Crippen LogP contribution is -2.34. The molecular weight excluding hydrogens is 230 g/mol. The summed E-state index contributed by atoms with van der Waals surface area (Å²) in [7, 11) is 0. The van der Waals surface area contributed by atoms with E-state index in [2.05, 4.69) is 6.58 Å². The molecule has 0 spiro atoms. The minimum atomic E-state index is -1.04. The van der Waals surface area contributed by atoms with Gasteiger partial charge in [0.1, 0.15) is 6.54 Å². The number of carbonyl (C=O) groups excluding carboxylic acids is 1. The summed E-state index contributed by atoms with van der Waals surface area (Å²) >= 11 is 0. The topological polar surface area (TPSA) is 57.6 Å². The van der Waals surface area contributed by atoms with Crippen LogP contribution in [0.2, 0.25) is 0 Å². The third kappa shape index (κ3) is 4.65. The molecule has 0 aromatic heterocycles. The Hall–Kier alpha value is -2.36. The van der Waals surface area contributed by atoms with Gasteiger partial charge < -0.3 is 10.0 Å². The van der Waals surface area contributed by atoms with Gasteiger partial charge in [0, 0.05) is 12.6 Å². The second-order valence-electron chi connectivity index (χ2n) is 3.65. The van der Waals surface area contributed by atoms with E-state index in [1.165, 1.54) is 17.1 Å². The molecule has 0 aliphatic carbocycles. The molecular formula is C14H15NO3. The fraction of sp³-hybridized carbons (Fsp3) is 0.143. The van der Waals surface area contributed by atoms with Crippen LogP contribution in [0.3, 0.4) is 0 Å². The van der Waals surface area contributed by atoms with Crippen molar-refractivity contribution < 1.29 is 14.7 Å². The quantitative estimate of drug-likeness (QED) is 0.614. The van der Waals surface area contributed by atoms with Gasteiger partial charge in [-0.1, -0.05) is 36.4 Å². The Morgan fingerprint density at radius 3 is 2.50 bits per heavy atom. The maximum absolute atomic E-state index is 11.8. The summed E-state index contributed by atoms with van der Waals surface area (Å²) in [5.74, 6) is -1.39. The number of nitrogens with zero attached hydrogens (tertiary/aromatic N) is 1. The molecule has 0 fully saturated rings. The molecule has 4 heteroatoms. The number of amides is 1. The largest absolute Gasteiger partial charge is 0.480 e. The van der Waals surface area contributed by atoms with E-state index in [1.54, 1.807) is 6.08 Å². The van der Waals surface area contributed by atoms with E-state index in [0.29, 0.717) is 0 Å². The summed E-state index contributed by atoms with van der Waals surface area (Å²) in [6.07, 6.45) is 4.51. The van der Waals surface area contributed by atoms with Gasteiger partial charge in [-0.05, 0) is 11.6 Å². The molecule has 94 valence electrons. The second kappa shape index (κ2) is 7.06. The first kappa shape index (κ1) is 13.7. The van der Waals surface area contributed by atoms with Crippen molar-refractivity contribution >= 4 is 18.0 Å². The van der Waals surface area contributed by atoms with Crippen molar-refractivity contribution in [1.29, 1.82) is 0 Å². The molecule has 0 saturated carbocycles. The summed E-state index contributed by atoms with van der Waals surface area (Å²) in [6.45, 7) is 3.38. The van der Waals surface area contributed by atoms with Gasteiger partial charge in [-0.3, -0.25) is 9.59 Å². The lowest BCUT2D eigenvalue weighted by atomic mass is 10.2. The number of rotatable bonds is 6. The van der Waals surface area contributed by atoms with Gasteiger partial charge in [-0.15, -0.1) is 6.58 Å². The van der Waals surface area contributed by atoms with E-state index in [-0.39, 0.29) is 19.0 Å². The predicted octanol–water partition coefficient (Wildman–Crippen LogP) is 1.80. The molecule has 0 bridgehead atoms.